The second-order valence-corrected chi connectivity index (χ2v) is 7.20. The Morgan fingerprint density at radius 2 is 1.77 bits per heavy atom. The van der Waals surface area contributed by atoms with Crippen molar-refractivity contribution in [1.82, 2.24) is 14.9 Å². The van der Waals surface area contributed by atoms with E-state index in [0.717, 1.165) is 27.7 Å². The summed E-state index contributed by atoms with van der Waals surface area (Å²) in [6.07, 6.45) is 1.71. The first-order chi connectivity index (χ1) is 14.5. The van der Waals surface area contributed by atoms with Crippen LogP contribution in [0.2, 0.25) is 0 Å². The molecular formula is C24H22N4O2. The number of hydrogen-bond acceptors (Lipinski definition) is 3. The number of nitrogens with zero attached hydrogens (tertiary/aromatic N) is 2. The van der Waals surface area contributed by atoms with Gasteiger partial charge in [-0.2, -0.15) is 0 Å². The summed E-state index contributed by atoms with van der Waals surface area (Å²) in [5.74, 6) is 0. The Morgan fingerprint density at radius 3 is 2.50 bits per heavy atom. The van der Waals surface area contributed by atoms with Gasteiger partial charge in [0.1, 0.15) is 0 Å². The highest BCUT2D eigenvalue weighted by Crippen LogP contribution is 2.22. The molecule has 6 heteroatoms. The maximum absolute atomic E-state index is 12.8. The lowest BCUT2D eigenvalue weighted by molar-refractivity contribution is 0.250. The van der Waals surface area contributed by atoms with Crippen molar-refractivity contribution >= 4 is 22.6 Å². The SMILES string of the molecule is Cc1ccc(C(NC(=O)Nc2ccc3ccc(=O)n(C)c3c2)c2ccccn2)cc1. The smallest absolute Gasteiger partial charge is 0.320 e. The molecule has 30 heavy (non-hydrogen) atoms. The molecule has 1 unspecified atom stereocenters. The molecule has 0 bridgehead atoms. The predicted octanol–water partition coefficient (Wildman–Crippen LogP) is 4.15. The minimum atomic E-state index is -0.392. The molecule has 6 nitrogen and oxygen atoms in total. The van der Waals surface area contributed by atoms with Gasteiger partial charge in [0.05, 0.1) is 17.3 Å². The molecule has 0 aliphatic carbocycles. The number of anilines is 1. The molecule has 2 heterocycles. The highest BCUT2D eigenvalue weighted by molar-refractivity contribution is 5.93. The maximum Gasteiger partial charge on any atom is 0.320 e. The molecule has 0 spiro atoms. The van der Waals surface area contributed by atoms with Crippen LogP contribution in [-0.4, -0.2) is 15.6 Å². The zero-order chi connectivity index (χ0) is 21.1. The largest absolute Gasteiger partial charge is 0.325 e. The van der Waals surface area contributed by atoms with Gasteiger partial charge in [0, 0.05) is 25.0 Å². The van der Waals surface area contributed by atoms with Gasteiger partial charge in [0.25, 0.3) is 5.56 Å². The number of carbonyl (C=O) groups excluding carboxylic acids is 1. The van der Waals surface area contributed by atoms with Crippen LogP contribution in [0.4, 0.5) is 10.5 Å². The number of benzene rings is 2. The van der Waals surface area contributed by atoms with Gasteiger partial charge in [-0.25, -0.2) is 4.79 Å². The summed E-state index contributed by atoms with van der Waals surface area (Å²) in [5, 5.41) is 6.80. The molecule has 0 saturated heterocycles. The van der Waals surface area contributed by atoms with Gasteiger partial charge in [0.15, 0.2) is 0 Å². The fraction of sp³-hybridized carbons (Fsp3) is 0.125. The maximum atomic E-state index is 12.8. The van der Waals surface area contributed by atoms with Crippen molar-refractivity contribution in [1.29, 1.82) is 0 Å². The van der Waals surface area contributed by atoms with Crippen molar-refractivity contribution in [3.05, 3.63) is 106 Å². The fourth-order valence-electron chi connectivity index (χ4n) is 3.38. The molecule has 2 aromatic heterocycles. The lowest BCUT2D eigenvalue weighted by Crippen LogP contribution is -2.33. The van der Waals surface area contributed by atoms with E-state index in [0.29, 0.717) is 5.69 Å². The molecule has 150 valence electrons. The van der Waals surface area contributed by atoms with E-state index in [1.807, 2.05) is 61.5 Å². The van der Waals surface area contributed by atoms with Gasteiger partial charge in [-0.15, -0.1) is 0 Å². The monoisotopic (exact) mass is 398 g/mol. The summed E-state index contributed by atoms with van der Waals surface area (Å²) in [4.78, 5) is 29.1. The average molecular weight is 398 g/mol. The Hall–Kier alpha value is -3.93. The molecule has 4 aromatic rings. The second-order valence-electron chi connectivity index (χ2n) is 7.20. The molecule has 0 aliphatic rings. The summed E-state index contributed by atoms with van der Waals surface area (Å²) in [7, 11) is 1.71. The first-order valence-corrected chi connectivity index (χ1v) is 9.66. The number of hydrogen-bond donors (Lipinski definition) is 2. The van der Waals surface area contributed by atoms with Gasteiger partial charge >= 0.3 is 6.03 Å². The summed E-state index contributed by atoms with van der Waals surface area (Å²) >= 11 is 0. The molecule has 2 aromatic carbocycles. The van der Waals surface area contributed by atoms with Crippen molar-refractivity contribution in [3.8, 4) is 0 Å². The Labute approximate surface area is 174 Å². The van der Waals surface area contributed by atoms with Gasteiger partial charge in [-0.1, -0.05) is 42.0 Å². The number of fused-ring (bicyclic) bond motifs is 1. The van der Waals surface area contributed by atoms with Gasteiger partial charge in [-0.05, 0) is 48.2 Å². The molecule has 4 rings (SSSR count). The quantitative estimate of drug-likeness (QED) is 0.542. The Kier molecular flexibility index (Phi) is 5.30. The van der Waals surface area contributed by atoms with Crippen molar-refractivity contribution < 1.29 is 4.79 Å². The van der Waals surface area contributed by atoms with Crippen LogP contribution in [0.5, 0.6) is 0 Å². The first-order valence-electron chi connectivity index (χ1n) is 9.66. The van der Waals surface area contributed by atoms with E-state index in [9.17, 15) is 9.59 Å². The van der Waals surface area contributed by atoms with Crippen molar-refractivity contribution in [2.24, 2.45) is 7.05 Å². The van der Waals surface area contributed by atoms with Crippen LogP contribution in [-0.2, 0) is 7.05 Å². The van der Waals surface area contributed by atoms with Crippen LogP contribution in [0, 0.1) is 6.92 Å². The van der Waals surface area contributed by atoms with Crippen LogP contribution in [0.3, 0.4) is 0 Å². The number of rotatable bonds is 4. The third-order valence-electron chi connectivity index (χ3n) is 5.06. The molecule has 0 saturated carbocycles. The van der Waals surface area contributed by atoms with E-state index in [4.69, 9.17) is 0 Å². The van der Waals surface area contributed by atoms with Crippen molar-refractivity contribution in [2.45, 2.75) is 13.0 Å². The molecular weight excluding hydrogens is 376 g/mol. The van der Waals surface area contributed by atoms with E-state index >= 15 is 0 Å². The van der Waals surface area contributed by atoms with E-state index in [-0.39, 0.29) is 11.6 Å². The lowest BCUT2D eigenvalue weighted by Gasteiger charge is -2.19. The number of amides is 2. The molecule has 0 aliphatic heterocycles. The molecule has 0 fully saturated rings. The number of nitrogens with one attached hydrogen (secondary N) is 2. The lowest BCUT2D eigenvalue weighted by atomic mass is 10.0. The van der Waals surface area contributed by atoms with E-state index in [2.05, 4.69) is 15.6 Å². The number of aromatic nitrogens is 2. The molecule has 1 atom stereocenters. The predicted molar refractivity (Wildman–Crippen MR) is 119 cm³/mol. The standard InChI is InChI=1S/C24H22N4O2/c1-16-6-8-18(9-7-16)23(20-5-3-4-14-25-20)27-24(30)26-19-12-10-17-11-13-22(29)28(2)21(17)15-19/h3-15,23H,1-2H3,(H2,26,27,30). The van der Waals surface area contributed by atoms with E-state index < -0.39 is 6.04 Å². The zero-order valence-corrected chi connectivity index (χ0v) is 16.8. The number of pyridine rings is 2. The second kappa shape index (κ2) is 8.21. The van der Waals surface area contributed by atoms with Gasteiger partial charge in [0.2, 0.25) is 0 Å². The summed E-state index contributed by atoms with van der Waals surface area (Å²) < 4.78 is 1.56. The normalized spacial score (nSPS) is 11.8. The minimum Gasteiger partial charge on any atom is -0.325 e. The topological polar surface area (TPSA) is 76.0 Å². The van der Waals surface area contributed by atoms with Crippen molar-refractivity contribution in [2.75, 3.05) is 5.32 Å². The van der Waals surface area contributed by atoms with Crippen LogP contribution in [0.1, 0.15) is 22.9 Å². The fourth-order valence-corrected chi connectivity index (χ4v) is 3.38. The average Bonchev–Trinajstić information content (AvgIpc) is 2.76. The van der Waals surface area contributed by atoms with Crippen LogP contribution in [0.15, 0.2) is 83.8 Å². The van der Waals surface area contributed by atoms with Crippen LogP contribution < -0.4 is 16.2 Å². The number of aryl methyl sites for hydroxylation is 2. The van der Waals surface area contributed by atoms with Crippen LogP contribution >= 0.6 is 0 Å². The van der Waals surface area contributed by atoms with Crippen LogP contribution in [0.25, 0.3) is 10.9 Å². The highest BCUT2D eigenvalue weighted by atomic mass is 16.2. The third-order valence-corrected chi connectivity index (χ3v) is 5.06. The van der Waals surface area contributed by atoms with E-state index in [1.54, 1.807) is 29.9 Å². The van der Waals surface area contributed by atoms with Gasteiger partial charge in [-0.3, -0.25) is 9.78 Å². The number of carbonyl (C=O) groups is 1. The summed E-state index contributed by atoms with van der Waals surface area (Å²) in [6, 6.07) is 21.6. The Bertz CT molecular complexity index is 1250. The molecule has 2 amide bonds. The minimum absolute atomic E-state index is 0.0984. The Balaban J connectivity index is 1.60. The first kappa shape index (κ1) is 19.4. The molecule has 2 N–H and O–H groups in total. The summed E-state index contributed by atoms with van der Waals surface area (Å²) in [5.41, 5.74) is 4.08. The van der Waals surface area contributed by atoms with E-state index in [1.165, 1.54) is 6.07 Å². The van der Waals surface area contributed by atoms with Gasteiger partial charge < -0.3 is 15.2 Å². The Morgan fingerprint density at radius 1 is 1.00 bits per heavy atom. The number of urea groups is 1. The summed E-state index contributed by atoms with van der Waals surface area (Å²) in [6.45, 7) is 2.02. The zero-order valence-electron chi connectivity index (χ0n) is 16.8. The molecule has 0 radical (unpaired) electrons. The highest BCUT2D eigenvalue weighted by Gasteiger charge is 2.18. The van der Waals surface area contributed by atoms with Crippen molar-refractivity contribution in [3.63, 3.8) is 0 Å². The third kappa shape index (κ3) is 4.07.